The molecule has 1 atom stereocenters. The third-order valence-electron chi connectivity index (χ3n) is 1.96. The summed E-state index contributed by atoms with van der Waals surface area (Å²) in [7, 11) is 1.70. The summed E-state index contributed by atoms with van der Waals surface area (Å²) in [6.07, 6.45) is 0.658. The van der Waals surface area contributed by atoms with Gasteiger partial charge in [0.1, 0.15) is 0 Å². The summed E-state index contributed by atoms with van der Waals surface area (Å²) in [5.74, 6) is -1.21. The number of aliphatic carboxylic acids is 1. The van der Waals surface area contributed by atoms with E-state index in [-0.39, 0.29) is 18.2 Å². The maximum absolute atomic E-state index is 11.1. The fourth-order valence-corrected chi connectivity index (χ4v) is 1.29. The number of hydrogen-bond donors (Lipinski definition) is 1. The van der Waals surface area contributed by atoms with Crippen LogP contribution < -0.4 is 0 Å². The summed E-state index contributed by atoms with van der Waals surface area (Å²) >= 11 is 0. The summed E-state index contributed by atoms with van der Waals surface area (Å²) in [4.78, 5) is 22.9. The Balaban J connectivity index is 2.49. The first kappa shape index (κ1) is 8.04. The second kappa shape index (κ2) is 2.90. The van der Waals surface area contributed by atoms with Crippen LogP contribution in [0.4, 0.5) is 0 Å². The number of nitrogens with zero attached hydrogens (tertiary/aromatic N) is 1. The number of hydrogen-bond acceptors (Lipinski definition) is 2. The van der Waals surface area contributed by atoms with E-state index in [4.69, 9.17) is 5.11 Å². The van der Waals surface area contributed by atoms with Crippen LogP contribution in [0.15, 0.2) is 0 Å². The highest BCUT2D eigenvalue weighted by molar-refractivity contribution is 5.84. The molecule has 1 unspecified atom stereocenters. The largest absolute Gasteiger partial charge is 0.481 e. The van der Waals surface area contributed by atoms with E-state index in [2.05, 4.69) is 0 Å². The minimum absolute atomic E-state index is 0.0246. The second-order valence-electron chi connectivity index (χ2n) is 2.84. The third-order valence-corrected chi connectivity index (χ3v) is 1.96. The molecule has 0 radical (unpaired) electrons. The molecule has 1 saturated heterocycles. The van der Waals surface area contributed by atoms with E-state index in [1.54, 1.807) is 11.9 Å². The Labute approximate surface area is 64.8 Å². The zero-order valence-corrected chi connectivity index (χ0v) is 6.41. The topological polar surface area (TPSA) is 57.6 Å². The number of carboxylic acid groups (broad SMARTS) is 1. The zero-order chi connectivity index (χ0) is 8.43. The van der Waals surface area contributed by atoms with Crippen LogP contribution in [0.1, 0.15) is 12.8 Å². The van der Waals surface area contributed by atoms with E-state index >= 15 is 0 Å². The summed E-state index contributed by atoms with van der Waals surface area (Å²) in [5, 5.41) is 8.41. The molecule has 1 aliphatic rings. The lowest BCUT2D eigenvalue weighted by Crippen LogP contribution is -2.23. The Morgan fingerprint density at radius 1 is 1.82 bits per heavy atom. The first-order valence-electron chi connectivity index (χ1n) is 3.58. The Kier molecular flexibility index (Phi) is 2.12. The van der Waals surface area contributed by atoms with E-state index in [0.717, 1.165) is 0 Å². The first-order chi connectivity index (χ1) is 5.11. The molecule has 1 heterocycles. The minimum atomic E-state index is -0.890. The van der Waals surface area contributed by atoms with Gasteiger partial charge < -0.3 is 10.0 Å². The van der Waals surface area contributed by atoms with E-state index in [1.165, 1.54) is 0 Å². The van der Waals surface area contributed by atoms with E-state index in [0.29, 0.717) is 13.0 Å². The molecular formula is C7H11NO3. The third kappa shape index (κ3) is 1.69. The molecule has 0 aromatic heterocycles. The molecule has 1 rings (SSSR count). The molecule has 4 nitrogen and oxygen atoms in total. The molecule has 1 fully saturated rings. The SMILES string of the molecule is CN1CCC(CC(=O)O)C1=O. The summed E-state index contributed by atoms with van der Waals surface area (Å²) in [6.45, 7) is 0.691. The van der Waals surface area contributed by atoms with Gasteiger partial charge in [0, 0.05) is 13.6 Å². The van der Waals surface area contributed by atoms with Crippen LogP contribution in [-0.4, -0.2) is 35.5 Å². The molecule has 0 aliphatic carbocycles. The van der Waals surface area contributed by atoms with E-state index < -0.39 is 5.97 Å². The van der Waals surface area contributed by atoms with Gasteiger partial charge in [-0.3, -0.25) is 9.59 Å². The number of rotatable bonds is 2. The van der Waals surface area contributed by atoms with Gasteiger partial charge in [-0.1, -0.05) is 0 Å². The molecule has 62 valence electrons. The molecule has 1 N–H and O–H groups in total. The van der Waals surface area contributed by atoms with Gasteiger partial charge >= 0.3 is 5.97 Å². The highest BCUT2D eigenvalue weighted by atomic mass is 16.4. The Hall–Kier alpha value is -1.06. The van der Waals surface area contributed by atoms with Crippen molar-refractivity contribution in [1.82, 2.24) is 4.90 Å². The van der Waals surface area contributed by atoms with Gasteiger partial charge in [0.25, 0.3) is 0 Å². The van der Waals surface area contributed by atoms with Crippen LogP contribution in [0, 0.1) is 5.92 Å². The van der Waals surface area contributed by atoms with Crippen LogP contribution in [0.2, 0.25) is 0 Å². The van der Waals surface area contributed by atoms with Gasteiger partial charge in [-0.2, -0.15) is 0 Å². The smallest absolute Gasteiger partial charge is 0.304 e. The van der Waals surface area contributed by atoms with Crippen LogP contribution in [0.25, 0.3) is 0 Å². The molecule has 4 heteroatoms. The number of amides is 1. The van der Waals surface area contributed by atoms with Crippen LogP contribution in [-0.2, 0) is 9.59 Å². The highest BCUT2D eigenvalue weighted by Gasteiger charge is 2.30. The normalized spacial score (nSPS) is 24.3. The van der Waals surface area contributed by atoms with Crippen molar-refractivity contribution in [2.24, 2.45) is 5.92 Å². The minimum Gasteiger partial charge on any atom is -0.481 e. The van der Waals surface area contributed by atoms with Crippen molar-refractivity contribution < 1.29 is 14.7 Å². The number of carboxylic acids is 1. The van der Waals surface area contributed by atoms with Gasteiger partial charge in [-0.25, -0.2) is 0 Å². The predicted octanol–water partition coefficient (Wildman–Crippen LogP) is -0.0606. The number of carbonyl (C=O) groups excluding carboxylic acids is 1. The first-order valence-corrected chi connectivity index (χ1v) is 3.58. The van der Waals surface area contributed by atoms with Crippen molar-refractivity contribution in [1.29, 1.82) is 0 Å². The summed E-state index contributed by atoms with van der Waals surface area (Å²) < 4.78 is 0. The fraction of sp³-hybridized carbons (Fsp3) is 0.714. The molecular weight excluding hydrogens is 146 g/mol. The standard InChI is InChI=1S/C7H11NO3/c1-8-3-2-5(7(8)11)4-6(9)10/h5H,2-4H2,1H3,(H,9,10). The van der Waals surface area contributed by atoms with Crippen LogP contribution in [0.5, 0.6) is 0 Å². The quantitative estimate of drug-likeness (QED) is 0.610. The Morgan fingerprint density at radius 3 is 2.82 bits per heavy atom. The number of likely N-dealkylation sites (tertiary alicyclic amines) is 1. The van der Waals surface area contributed by atoms with Gasteiger partial charge in [0.05, 0.1) is 12.3 Å². The molecule has 0 aromatic carbocycles. The maximum Gasteiger partial charge on any atom is 0.304 e. The molecule has 0 aromatic rings. The molecule has 11 heavy (non-hydrogen) atoms. The molecule has 1 amide bonds. The van der Waals surface area contributed by atoms with Gasteiger partial charge in [0.2, 0.25) is 5.91 Å². The monoisotopic (exact) mass is 157 g/mol. The zero-order valence-electron chi connectivity index (χ0n) is 6.41. The average Bonchev–Trinajstić information content (AvgIpc) is 2.18. The van der Waals surface area contributed by atoms with Crippen molar-refractivity contribution in [3.8, 4) is 0 Å². The van der Waals surface area contributed by atoms with Crippen molar-refractivity contribution >= 4 is 11.9 Å². The van der Waals surface area contributed by atoms with Crippen LogP contribution in [0.3, 0.4) is 0 Å². The lowest BCUT2D eigenvalue weighted by Gasteiger charge is -2.07. The van der Waals surface area contributed by atoms with Gasteiger partial charge in [-0.05, 0) is 6.42 Å². The average molecular weight is 157 g/mol. The van der Waals surface area contributed by atoms with E-state index in [9.17, 15) is 9.59 Å². The molecule has 0 saturated carbocycles. The van der Waals surface area contributed by atoms with Crippen molar-refractivity contribution in [3.05, 3.63) is 0 Å². The van der Waals surface area contributed by atoms with Gasteiger partial charge in [0.15, 0.2) is 0 Å². The molecule has 0 spiro atoms. The van der Waals surface area contributed by atoms with E-state index in [1.807, 2.05) is 0 Å². The molecule has 0 bridgehead atoms. The summed E-state index contributed by atoms with van der Waals surface area (Å²) in [6, 6.07) is 0. The van der Waals surface area contributed by atoms with Crippen molar-refractivity contribution in [2.45, 2.75) is 12.8 Å². The Morgan fingerprint density at radius 2 is 2.45 bits per heavy atom. The van der Waals surface area contributed by atoms with Crippen molar-refractivity contribution in [3.63, 3.8) is 0 Å². The molecule has 1 aliphatic heterocycles. The van der Waals surface area contributed by atoms with Crippen LogP contribution >= 0.6 is 0 Å². The number of carbonyl (C=O) groups is 2. The fourth-order valence-electron chi connectivity index (χ4n) is 1.29. The maximum atomic E-state index is 11.1. The highest BCUT2D eigenvalue weighted by Crippen LogP contribution is 2.19. The summed E-state index contributed by atoms with van der Waals surface area (Å²) in [5.41, 5.74) is 0. The lowest BCUT2D eigenvalue weighted by molar-refractivity contribution is -0.141. The Bertz CT molecular complexity index is 190. The predicted molar refractivity (Wildman–Crippen MR) is 38.0 cm³/mol. The van der Waals surface area contributed by atoms with Gasteiger partial charge in [-0.15, -0.1) is 0 Å². The lowest BCUT2D eigenvalue weighted by atomic mass is 10.1. The van der Waals surface area contributed by atoms with Crippen molar-refractivity contribution in [2.75, 3.05) is 13.6 Å². The second-order valence-corrected chi connectivity index (χ2v) is 2.84.